The molecule has 0 aliphatic carbocycles. The molecule has 1 N–H and O–H groups in total. The van der Waals surface area contributed by atoms with E-state index >= 15 is 0 Å². The van der Waals surface area contributed by atoms with E-state index in [0.29, 0.717) is 39.3 Å². The number of nitrogens with zero attached hydrogens (tertiary/aromatic N) is 3. The van der Waals surface area contributed by atoms with Crippen molar-refractivity contribution in [1.29, 1.82) is 0 Å². The minimum Gasteiger partial charge on any atom is -0.507 e. The average molecular weight is 950 g/mol. The van der Waals surface area contributed by atoms with Crippen LogP contribution in [-0.4, -0.2) is 19.6 Å². The minimum absolute atomic E-state index is 0. The Labute approximate surface area is 372 Å². The van der Waals surface area contributed by atoms with Crippen LogP contribution in [0.4, 0.5) is 0 Å². The van der Waals surface area contributed by atoms with Gasteiger partial charge in [-0.3, -0.25) is 9.55 Å². The largest absolute Gasteiger partial charge is 0.507 e. The van der Waals surface area contributed by atoms with E-state index in [4.69, 9.17) is 23.7 Å². The predicted molar refractivity (Wildman–Crippen MR) is 238 cm³/mol. The number of imidazole rings is 1. The van der Waals surface area contributed by atoms with Crippen LogP contribution in [0.25, 0.3) is 72.7 Å². The van der Waals surface area contributed by atoms with Gasteiger partial charge in [-0.2, -0.15) is 0 Å². The van der Waals surface area contributed by atoms with E-state index in [2.05, 4.69) is 45.0 Å². The third-order valence-corrected chi connectivity index (χ3v) is 10.4. The number of pyridine rings is 1. The Morgan fingerprint density at radius 1 is 0.655 bits per heavy atom. The molecule has 2 heterocycles. The molecule has 6 aromatic carbocycles. The van der Waals surface area contributed by atoms with Crippen molar-refractivity contribution in [3.8, 4) is 67.5 Å². The molecule has 0 radical (unpaired) electrons. The van der Waals surface area contributed by atoms with Crippen molar-refractivity contribution in [3.05, 3.63) is 168 Å². The van der Waals surface area contributed by atoms with Crippen LogP contribution in [0.5, 0.6) is 5.75 Å². The summed E-state index contributed by atoms with van der Waals surface area (Å²) >= 11 is 0. The van der Waals surface area contributed by atoms with Crippen LogP contribution >= 0.6 is 0 Å². The molecule has 0 bridgehead atoms. The van der Waals surface area contributed by atoms with Gasteiger partial charge >= 0.3 is 0 Å². The van der Waals surface area contributed by atoms with Gasteiger partial charge in [-0.05, 0) is 86.5 Å². The third-order valence-electron chi connectivity index (χ3n) is 10.4. The first-order valence-corrected chi connectivity index (χ1v) is 19.0. The van der Waals surface area contributed by atoms with Crippen molar-refractivity contribution in [2.75, 3.05) is 0 Å². The fourth-order valence-electron chi connectivity index (χ4n) is 7.20. The summed E-state index contributed by atoms with van der Waals surface area (Å²) in [5, 5.41) is 11.3. The van der Waals surface area contributed by atoms with E-state index in [1.807, 2.05) is 97.3 Å². The van der Waals surface area contributed by atoms with Gasteiger partial charge < -0.3 is 5.11 Å². The van der Waals surface area contributed by atoms with Gasteiger partial charge in [-0.15, -0.1) is 29.3 Å². The van der Waals surface area contributed by atoms with Gasteiger partial charge in [-0.25, -0.2) is 4.98 Å². The molecule has 58 heavy (non-hydrogen) atoms. The topological polar surface area (TPSA) is 50.9 Å². The predicted octanol–water partition coefficient (Wildman–Crippen LogP) is 14.0. The molecule has 0 unspecified atom stereocenters. The maximum atomic E-state index is 11.3. The Morgan fingerprint density at radius 3 is 2.05 bits per heavy atom. The normalized spacial score (nSPS) is 15.3. The Hall–Kier alpha value is -5.57. The van der Waals surface area contributed by atoms with E-state index < -0.39 is 31.9 Å². The number of benzene rings is 6. The monoisotopic (exact) mass is 949 g/mol. The average Bonchev–Trinajstić information content (AvgIpc) is 3.65. The van der Waals surface area contributed by atoms with Gasteiger partial charge in [0.15, 0.2) is 0 Å². The maximum absolute atomic E-state index is 11.3. The van der Waals surface area contributed by atoms with Gasteiger partial charge in [0.2, 0.25) is 0 Å². The first-order chi connectivity index (χ1) is 31.3. The standard InChI is InChI=1S/C53H50N3O.Pt/c1-34(2)38-27-39(35-15-10-9-11-16-35)32-44(31-38)56-48-19-14-18-45(50(48)55-51(56)46-17-12-13-20-49(46)57)40-28-41(30-43(29-40)53(6,7)8)47-33-37(25-26-54-47)36-21-23-42(24-22-36)52(3,4)5;/h9-27,29-34,57H,1-8H3;/q-1;/i3D3,4D3,5D3,34D;. The fraction of sp³-hybridized carbons (Fsp3) is 0.208. The molecule has 294 valence electrons. The number of phenols is 1. The van der Waals surface area contributed by atoms with E-state index in [1.54, 1.807) is 24.4 Å². The summed E-state index contributed by atoms with van der Waals surface area (Å²) in [4.78, 5) is 10.1. The molecule has 0 amide bonds. The van der Waals surface area contributed by atoms with Crippen molar-refractivity contribution in [1.82, 2.24) is 14.5 Å². The first kappa shape index (κ1) is 29.6. The molecule has 0 spiro atoms. The van der Waals surface area contributed by atoms with Gasteiger partial charge in [0, 0.05) is 52.4 Å². The Bertz CT molecular complexity index is 3090. The van der Waals surface area contributed by atoms with Gasteiger partial charge in [-0.1, -0.05) is 157 Å². The Kier molecular flexibility index (Phi) is 8.17. The van der Waals surface area contributed by atoms with Crippen LogP contribution in [0.1, 0.15) is 91.5 Å². The van der Waals surface area contributed by atoms with Crippen molar-refractivity contribution in [2.24, 2.45) is 0 Å². The van der Waals surface area contributed by atoms with Crippen LogP contribution in [0.3, 0.4) is 0 Å². The summed E-state index contributed by atoms with van der Waals surface area (Å²) in [6.07, 6.45) is 1.64. The quantitative estimate of drug-likeness (QED) is 0.162. The number of rotatable bonds is 7. The summed E-state index contributed by atoms with van der Waals surface area (Å²) in [5.41, 5.74) is 6.79. The van der Waals surface area contributed by atoms with Crippen molar-refractivity contribution >= 4 is 11.0 Å². The molecule has 5 heteroatoms. The summed E-state index contributed by atoms with van der Waals surface area (Å²) in [6, 6.07) is 46.3. The molecular formula is C53H50N3OPt-. The Balaban J connectivity index is 0.00000684. The SMILES string of the molecule is [2H]C(C)(C)c1cc(-c2ccccc2)cc(-n2c(-c3ccccc3O)nc3c(-c4[c-]c(-c5cc(-c6ccc(C(C([2H])([2H])[2H])(C([2H])([2H])[2H])C([2H])([2H])[2H])cc6)ccn5)cc(C(C)(C)C)c4)cccc32)c1.[Pt]. The van der Waals surface area contributed by atoms with Crippen LogP contribution < -0.4 is 0 Å². The first-order valence-electron chi connectivity index (χ1n) is 24.0. The van der Waals surface area contributed by atoms with E-state index in [-0.39, 0.29) is 37.8 Å². The van der Waals surface area contributed by atoms with Crippen LogP contribution in [0.15, 0.2) is 146 Å². The second-order valence-corrected chi connectivity index (χ2v) is 15.8. The van der Waals surface area contributed by atoms with Crippen molar-refractivity contribution in [3.63, 3.8) is 0 Å². The zero-order valence-electron chi connectivity index (χ0n) is 43.0. The smallest absolute Gasteiger partial charge is 0.148 e. The number of fused-ring (bicyclic) bond motifs is 1. The summed E-state index contributed by atoms with van der Waals surface area (Å²) < 4.78 is 84.5. The molecule has 8 rings (SSSR count). The summed E-state index contributed by atoms with van der Waals surface area (Å²) in [5.74, 6) is -0.355. The number of hydrogen-bond donors (Lipinski definition) is 1. The molecule has 4 nitrogen and oxygen atoms in total. The molecule has 0 saturated carbocycles. The molecule has 0 fully saturated rings. The van der Waals surface area contributed by atoms with Crippen LogP contribution in [-0.2, 0) is 31.9 Å². The van der Waals surface area contributed by atoms with E-state index in [9.17, 15) is 5.11 Å². The molecule has 0 saturated heterocycles. The second kappa shape index (κ2) is 16.0. The van der Waals surface area contributed by atoms with Crippen molar-refractivity contribution < 1.29 is 39.9 Å². The summed E-state index contributed by atoms with van der Waals surface area (Å²) in [6.45, 7) is -0.0223. The number of para-hydroxylation sites is 2. The molecule has 0 atom stereocenters. The van der Waals surface area contributed by atoms with Crippen molar-refractivity contribution in [2.45, 2.75) is 71.9 Å². The van der Waals surface area contributed by atoms with Crippen LogP contribution in [0, 0.1) is 6.07 Å². The number of hydrogen-bond acceptors (Lipinski definition) is 3. The number of phenolic OH excluding ortho intramolecular Hbond substituents is 1. The van der Waals surface area contributed by atoms with Gasteiger partial charge in [0.1, 0.15) is 11.6 Å². The second-order valence-electron chi connectivity index (χ2n) is 15.8. The Morgan fingerprint density at radius 2 is 1.34 bits per heavy atom. The molecule has 2 aromatic heterocycles. The van der Waals surface area contributed by atoms with Crippen LogP contribution in [0.2, 0.25) is 0 Å². The van der Waals surface area contributed by atoms with E-state index in [1.165, 1.54) is 24.3 Å². The fourth-order valence-corrected chi connectivity index (χ4v) is 7.20. The summed E-state index contributed by atoms with van der Waals surface area (Å²) in [7, 11) is 0. The zero-order chi connectivity index (χ0) is 48.5. The maximum Gasteiger partial charge on any atom is 0.148 e. The third kappa shape index (κ3) is 8.09. The molecule has 0 aliphatic rings. The zero-order valence-corrected chi connectivity index (χ0v) is 35.2. The molecular weight excluding hydrogens is 890 g/mol. The number of aromatic hydroxyl groups is 1. The van der Waals surface area contributed by atoms with Gasteiger partial charge in [0.05, 0.1) is 16.6 Å². The number of aromatic nitrogens is 3. The molecule has 0 aliphatic heterocycles. The van der Waals surface area contributed by atoms with E-state index in [0.717, 1.165) is 44.6 Å². The molecule has 8 aromatic rings. The van der Waals surface area contributed by atoms with Gasteiger partial charge in [0.25, 0.3) is 0 Å². The minimum atomic E-state index is -3.37.